The highest BCUT2D eigenvalue weighted by atomic mass is 16.5. The fourth-order valence-corrected chi connectivity index (χ4v) is 4.36. The molecule has 2 aromatic rings. The molecule has 0 saturated heterocycles. The molecule has 5 heteroatoms. The lowest BCUT2D eigenvalue weighted by Crippen LogP contribution is -2.41. The third-order valence-electron chi connectivity index (χ3n) is 6.13. The van der Waals surface area contributed by atoms with Gasteiger partial charge in [-0.3, -0.25) is 9.59 Å². The number of aryl methyl sites for hydroxylation is 1. The lowest BCUT2D eigenvalue weighted by molar-refractivity contribution is -0.134. The van der Waals surface area contributed by atoms with Crippen molar-refractivity contribution in [1.29, 1.82) is 0 Å². The highest BCUT2D eigenvalue weighted by Crippen LogP contribution is 2.38. The Morgan fingerprint density at radius 1 is 1.12 bits per heavy atom. The molecule has 0 unspecified atom stereocenters. The van der Waals surface area contributed by atoms with Gasteiger partial charge in [0.1, 0.15) is 5.75 Å². The van der Waals surface area contributed by atoms with E-state index in [1.807, 2.05) is 30.9 Å². The average molecular weight is 451 g/mol. The fourth-order valence-electron chi connectivity index (χ4n) is 4.36. The predicted molar refractivity (Wildman–Crippen MR) is 132 cm³/mol. The average Bonchev–Trinajstić information content (AvgIpc) is 2.80. The van der Waals surface area contributed by atoms with Crippen molar-refractivity contribution in [3.63, 3.8) is 0 Å². The topological polar surface area (TPSA) is 58.6 Å². The van der Waals surface area contributed by atoms with Crippen LogP contribution in [0.4, 0.5) is 0 Å². The maximum absolute atomic E-state index is 13.2. The monoisotopic (exact) mass is 450 g/mol. The van der Waals surface area contributed by atoms with Crippen molar-refractivity contribution in [2.24, 2.45) is 5.92 Å². The summed E-state index contributed by atoms with van der Waals surface area (Å²) in [5, 5.41) is 2.93. The molecule has 3 rings (SSSR count). The molecule has 178 valence electrons. The quantitative estimate of drug-likeness (QED) is 0.571. The number of nitrogens with one attached hydrogen (secondary N) is 1. The number of hydrogen-bond acceptors (Lipinski definition) is 3. The molecule has 1 aliphatic rings. The van der Waals surface area contributed by atoms with Gasteiger partial charge in [0.15, 0.2) is 6.10 Å². The number of hydrogen-bond donors (Lipinski definition) is 1. The van der Waals surface area contributed by atoms with Crippen molar-refractivity contribution >= 4 is 11.8 Å². The minimum Gasteiger partial charge on any atom is -0.481 e. The van der Waals surface area contributed by atoms with E-state index < -0.39 is 6.10 Å². The molecule has 0 fully saturated rings. The molecular formula is C28H38N2O3. The first-order valence-corrected chi connectivity index (χ1v) is 12.3. The molecule has 1 aliphatic heterocycles. The third-order valence-corrected chi connectivity index (χ3v) is 6.13. The normalized spacial score (nSPS) is 16.3. The molecule has 1 heterocycles. The summed E-state index contributed by atoms with van der Waals surface area (Å²) in [5.41, 5.74) is 4.60. The molecule has 5 nitrogen and oxygen atoms in total. The van der Waals surface area contributed by atoms with Gasteiger partial charge in [-0.25, -0.2) is 0 Å². The van der Waals surface area contributed by atoms with Crippen LogP contribution < -0.4 is 10.1 Å². The second-order valence-electron chi connectivity index (χ2n) is 9.41. The number of benzene rings is 2. The van der Waals surface area contributed by atoms with Crippen molar-refractivity contribution < 1.29 is 14.3 Å². The summed E-state index contributed by atoms with van der Waals surface area (Å²) < 4.78 is 6.14. The van der Waals surface area contributed by atoms with E-state index in [0.717, 1.165) is 24.0 Å². The van der Waals surface area contributed by atoms with Crippen molar-refractivity contribution in [3.05, 3.63) is 64.7 Å². The molecule has 0 spiro atoms. The van der Waals surface area contributed by atoms with E-state index in [2.05, 4.69) is 56.4 Å². The lowest BCUT2D eigenvalue weighted by Gasteiger charge is -2.38. The van der Waals surface area contributed by atoms with E-state index in [1.54, 1.807) is 0 Å². The Balaban J connectivity index is 1.96. The Labute approximate surface area is 198 Å². The second kappa shape index (κ2) is 11.4. The minimum atomic E-state index is -0.533. The predicted octanol–water partition coefficient (Wildman–Crippen LogP) is 5.20. The first-order valence-electron chi connectivity index (χ1n) is 12.3. The molecule has 0 aromatic heterocycles. The van der Waals surface area contributed by atoms with Crippen LogP contribution in [0.3, 0.4) is 0 Å². The van der Waals surface area contributed by atoms with Crippen LogP contribution in [0.25, 0.3) is 0 Å². The summed E-state index contributed by atoms with van der Waals surface area (Å²) in [6.07, 6.45) is 2.29. The van der Waals surface area contributed by atoms with E-state index in [1.165, 1.54) is 11.1 Å². The molecule has 0 saturated carbocycles. The zero-order valence-electron chi connectivity index (χ0n) is 20.7. The summed E-state index contributed by atoms with van der Waals surface area (Å²) in [7, 11) is 0. The molecule has 0 aliphatic carbocycles. The van der Waals surface area contributed by atoms with Crippen LogP contribution in [0.15, 0.2) is 42.5 Å². The summed E-state index contributed by atoms with van der Waals surface area (Å²) in [5.74, 6) is 1.07. The second-order valence-corrected chi connectivity index (χ2v) is 9.41. The van der Waals surface area contributed by atoms with E-state index in [0.29, 0.717) is 37.6 Å². The van der Waals surface area contributed by atoms with Gasteiger partial charge in [0.25, 0.3) is 5.91 Å². The van der Waals surface area contributed by atoms with Gasteiger partial charge >= 0.3 is 0 Å². The lowest BCUT2D eigenvalue weighted by atomic mass is 9.87. The first-order chi connectivity index (χ1) is 15.8. The Bertz CT molecular complexity index is 952. The van der Waals surface area contributed by atoms with Gasteiger partial charge in [-0.2, -0.15) is 0 Å². The van der Waals surface area contributed by atoms with E-state index in [9.17, 15) is 9.59 Å². The first kappa shape index (κ1) is 24.8. The molecule has 0 bridgehead atoms. The molecule has 2 atom stereocenters. The zero-order chi connectivity index (χ0) is 24.0. The van der Waals surface area contributed by atoms with Crippen LogP contribution in [0.2, 0.25) is 0 Å². The van der Waals surface area contributed by atoms with Gasteiger partial charge in [0.2, 0.25) is 5.91 Å². The summed E-state index contributed by atoms with van der Waals surface area (Å²) in [4.78, 5) is 27.7. The Kier molecular flexibility index (Phi) is 8.54. The summed E-state index contributed by atoms with van der Waals surface area (Å²) in [6, 6.07) is 14.3. The maximum Gasteiger partial charge on any atom is 0.261 e. The number of carbonyl (C=O) groups excluding carboxylic acids is 2. The van der Waals surface area contributed by atoms with Gasteiger partial charge in [-0.1, -0.05) is 63.6 Å². The standard InChI is InChI=1S/C28H38N2O3/c1-6-15-29-28(32)25(7-2)33-23-13-12-21-14-16-30(26(31)17-19(3)4)27(24(21)18-23)22-10-8-20(5)9-11-22/h8-13,18-19,25,27H,6-7,14-17H2,1-5H3,(H,29,32)/t25-,27-/m1/s1. The maximum atomic E-state index is 13.2. The molecule has 2 aromatic carbocycles. The van der Waals surface area contributed by atoms with Crippen molar-refractivity contribution in [2.45, 2.75) is 72.4 Å². The molecular weight excluding hydrogens is 412 g/mol. The number of rotatable bonds is 9. The van der Waals surface area contributed by atoms with Gasteiger partial charge in [-0.15, -0.1) is 0 Å². The van der Waals surface area contributed by atoms with E-state index >= 15 is 0 Å². The molecule has 2 amide bonds. The zero-order valence-corrected chi connectivity index (χ0v) is 20.7. The number of carbonyl (C=O) groups is 2. The fraction of sp³-hybridized carbons (Fsp3) is 0.500. The summed E-state index contributed by atoms with van der Waals surface area (Å²) in [6.45, 7) is 11.6. The Morgan fingerprint density at radius 2 is 1.85 bits per heavy atom. The number of fused-ring (bicyclic) bond motifs is 1. The van der Waals surface area contributed by atoms with Crippen LogP contribution in [0.5, 0.6) is 5.75 Å². The number of nitrogens with zero attached hydrogens (tertiary/aromatic N) is 1. The van der Waals surface area contributed by atoms with Gasteiger partial charge in [0.05, 0.1) is 6.04 Å². The van der Waals surface area contributed by atoms with Crippen LogP contribution in [0.1, 0.15) is 75.3 Å². The SMILES string of the molecule is CCCNC(=O)[C@@H](CC)Oc1ccc2c(c1)[C@@H](c1ccc(C)cc1)N(C(=O)CC(C)C)CC2. The minimum absolute atomic E-state index is 0.0825. The molecule has 1 N–H and O–H groups in total. The number of ether oxygens (including phenoxy) is 1. The summed E-state index contributed by atoms with van der Waals surface area (Å²) >= 11 is 0. The van der Waals surface area contributed by atoms with Crippen LogP contribution in [-0.2, 0) is 16.0 Å². The van der Waals surface area contributed by atoms with Crippen molar-refractivity contribution in [2.75, 3.05) is 13.1 Å². The van der Waals surface area contributed by atoms with Crippen molar-refractivity contribution in [3.8, 4) is 5.75 Å². The highest BCUT2D eigenvalue weighted by molar-refractivity contribution is 5.81. The van der Waals surface area contributed by atoms with Crippen LogP contribution in [-0.4, -0.2) is 35.9 Å². The third kappa shape index (κ3) is 6.16. The molecule has 33 heavy (non-hydrogen) atoms. The van der Waals surface area contributed by atoms with E-state index in [-0.39, 0.29) is 17.9 Å². The Hall–Kier alpha value is -2.82. The van der Waals surface area contributed by atoms with Crippen molar-refractivity contribution in [1.82, 2.24) is 10.2 Å². The molecule has 0 radical (unpaired) electrons. The highest BCUT2D eigenvalue weighted by Gasteiger charge is 2.32. The van der Waals surface area contributed by atoms with Gasteiger partial charge in [-0.05, 0) is 60.9 Å². The van der Waals surface area contributed by atoms with Gasteiger partial charge in [0, 0.05) is 19.5 Å². The van der Waals surface area contributed by atoms with Crippen LogP contribution >= 0.6 is 0 Å². The van der Waals surface area contributed by atoms with E-state index in [4.69, 9.17) is 4.74 Å². The van der Waals surface area contributed by atoms with Crippen LogP contribution in [0, 0.1) is 12.8 Å². The number of amides is 2. The smallest absolute Gasteiger partial charge is 0.261 e. The van der Waals surface area contributed by atoms with Gasteiger partial charge < -0.3 is 15.0 Å². The Morgan fingerprint density at radius 3 is 2.48 bits per heavy atom. The largest absolute Gasteiger partial charge is 0.481 e.